The van der Waals surface area contributed by atoms with Gasteiger partial charge in [0.25, 0.3) is 10.0 Å². The van der Waals surface area contributed by atoms with Crippen molar-refractivity contribution in [3.8, 4) is 11.9 Å². The Morgan fingerprint density at radius 3 is 2.74 bits per heavy atom. The van der Waals surface area contributed by atoms with Crippen LogP contribution in [0.3, 0.4) is 0 Å². The molecule has 4 aromatic rings. The molecule has 174 valence electrons. The molecule has 0 atom stereocenters. The third-order valence-electron chi connectivity index (χ3n) is 4.90. The Morgan fingerprint density at radius 1 is 1.21 bits per heavy atom. The summed E-state index contributed by atoms with van der Waals surface area (Å²) < 4.78 is 62.3. The number of benzene rings is 1. The molecule has 0 fully saturated rings. The number of anilines is 2. The van der Waals surface area contributed by atoms with Gasteiger partial charge in [-0.3, -0.25) is 9.82 Å². The number of nitrogens with zero attached hydrogens (tertiary/aromatic N) is 4. The molecule has 0 aliphatic rings. The first-order valence-electron chi connectivity index (χ1n) is 9.72. The van der Waals surface area contributed by atoms with Crippen LogP contribution in [0.2, 0.25) is 0 Å². The van der Waals surface area contributed by atoms with E-state index in [2.05, 4.69) is 30.2 Å². The summed E-state index contributed by atoms with van der Waals surface area (Å²) in [7, 11) is -3.23. The fraction of sp³-hybridized carbons (Fsp3) is 0.143. The van der Waals surface area contributed by atoms with Crippen molar-refractivity contribution in [2.45, 2.75) is 18.4 Å². The molecule has 0 radical (unpaired) electrons. The molecule has 3 N–H and O–H groups in total. The highest BCUT2D eigenvalue weighted by Gasteiger charge is 2.24. The van der Waals surface area contributed by atoms with Crippen molar-refractivity contribution in [3.63, 3.8) is 0 Å². The van der Waals surface area contributed by atoms with Crippen LogP contribution in [0.25, 0.3) is 11.0 Å². The molecule has 3 heterocycles. The molecule has 34 heavy (non-hydrogen) atoms. The third-order valence-corrected chi connectivity index (χ3v) is 6.26. The van der Waals surface area contributed by atoms with Crippen LogP contribution >= 0.6 is 0 Å². The van der Waals surface area contributed by atoms with Crippen molar-refractivity contribution < 1.29 is 21.9 Å². The smallest absolute Gasteiger partial charge is 0.267 e. The van der Waals surface area contributed by atoms with Crippen molar-refractivity contribution in [2.75, 3.05) is 17.1 Å². The first-order chi connectivity index (χ1) is 16.2. The van der Waals surface area contributed by atoms with E-state index in [-0.39, 0.29) is 18.0 Å². The van der Waals surface area contributed by atoms with Crippen LogP contribution in [0.15, 0.2) is 41.6 Å². The van der Waals surface area contributed by atoms with Crippen LogP contribution < -0.4 is 14.8 Å². The minimum absolute atomic E-state index is 0.0135. The first-order valence-corrected chi connectivity index (χ1v) is 11.2. The summed E-state index contributed by atoms with van der Waals surface area (Å²) in [4.78, 5) is 7.52. The minimum atomic E-state index is -4.43. The second-order valence-electron chi connectivity index (χ2n) is 7.13. The van der Waals surface area contributed by atoms with Crippen LogP contribution in [0.4, 0.5) is 20.2 Å². The molecule has 0 amide bonds. The van der Waals surface area contributed by atoms with E-state index in [9.17, 15) is 12.8 Å². The number of nitriles is 1. The van der Waals surface area contributed by atoms with Crippen LogP contribution in [-0.4, -0.2) is 35.7 Å². The summed E-state index contributed by atoms with van der Waals surface area (Å²) in [5.74, 6) is -2.36. The highest BCUT2D eigenvalue weighted by molar-refractivity contribution is 7.92. The summed E-state index contributed by atoms with van der Waals surface area (Å²) in [6.07, 6.45) is 2.66. The van der Waals surface area contributed by atoms with E-state index in [1.807, 2.05) is 0 Å². The summed E-state index contributed by atoms with van der Waals surface area (Å²) in [5, 5.41) is 19.3. The Morgan fingerprint density at radius 2 is 2.00 bits per heavy atom. The number of aryl methyl sites for hydroxylation is 1. The Labute approximate surface area is 192 Å². The van der Waals surface area contributed by atoms with E-state index in [1.54, 1.807) is 19.1 Å². The lowest BCUT2D eigenvalue weighted by atomic mass is 10.2. The molecule has 0 aliphatic heterocycles. The van der Waals surface area contributed by atoms with Gasteiger partial charge in [0.15, 0.2) is 16.4 Å². The lowest BCUT2D eigenvalue weighted by Crippen LogP contribution is -2.17. The Balaban J connectivity index is 1.62. The highest BCUT2D eigenvalue weighted by Crippen LogP contribution is 2.30. The number of sulfonamides is 1. The predicted octanol–water partition coefficient (Wildman–Crippen LogP) is 3.23. The number of aromatic amines is 1. The van der Waals surface area contributed by atoms with Gasteiger partial charge in [0.05, 0.1) is 24.1 Å². The van der Waals surface area contributed by atoms with Gasteiger partial charge >= 0.3 is 0 Å². The number of hydrogen-bond donors (Lipinski definition) is 3. The van der Waals surface area contributed by atoms with Crippen LogP contribution in [0.5, 0.6) is 5.88 Å². The van der Waals surface area contributed by atoms with Crippen molar-refractivity contribution in [1.82, 2.24) is 20.2 Å². The highest BCUT2D eigenvalue weighted by atomic mass is 32.2. The van der Waals surface area contributed by atoms with Crippen molar-refractivity contribution in [2.24, 2.45) is 0 Å². The topological polar surface area (TPSA) is 146 Å². The van der Waals surface area contributed by atoms with Gasteiger partial charge in [0.2, 0.25) is 5.88 Å². The second-order valence-corrected chi connectivity index (χ2v) is 8.79. The number of nitrogens with one attached hydrogen (secondary N) is 3. The van der Waals surface area contributed by atoms with E-state index in [1.165, 1.54) is 13.3 Å². The predicted molar refractivity (Wildman–Crippen MR) is 119 cm³/mol. The third kappa shape index (κ3) is 4.30. The minimum Gasteiger partial charge on any atom is -0.480 e. The van der Waals surface area contributed by atoms with Crippen LogP contribution in [0.1, 0.15) is 16.8 Å². The molecule has 1 aromatic carbocycles. The lowest BCUT2D eigenvalue weighted by molar-refractivity contribution is 0.385. The van der Waals surface area contributed by atoms with E-state index in [4.69, 9.17) is 10.00 Å². The molecule has 10 nitrogen and oxygen atoms in total. The van der Waals surface area contributed by atoms with Gasteiger partial charge in [-0.05, 0) is 36.8 Å². The molecule has 0 spiro atoms. The number of H-pyrrole nitrogens is 1. The second kappa shape index (κ2) is 8.91. The first kappa shape index (κ1) is 22.9. The van der Waals surface area contributed by atoms with Gasteiger partial charge in [0.1, 0.15) is 17.6 Å². The summed E-state index contributed by atoms with van der Waals surface area (Å²) >= 11 is 0. The van der Waals surface area contributed by atoms with E-state index in [0.29, 0.717) is 11.2 Å². The lowest BCUT2D eigenvalue weighted by Gasteiger charge is -2.15. The standard InChI is InChI=1S/C21H17F2N7O3S/c1-11-14-5-13(10-26-20(14)29-28-11)9-25-19-15(22)3-4-16(18(19)23)30-34(31,32)17-6-12(7-24)8-27-21(17)33-2/h3-6,8,10,25,30H,9H2,1-2H3,(H,26,28,29). The van der Waals surface area contributed by atoms with Gasteiger partial charge < -0.3 is 10.1 Å². The molecule has 3 aromatic heterocycles. The molecule has 4 rings (SSSR count). The van der Waals surface area contributed by atoms with Gasteiger partial charge in [-0.2, -0.15) is 10.4 Å². The molecular weight excluding hydrogens is 468 g/mol. The number of hydrogen-bond acceptors (Lipinski definition) is 8. The molecule has 0 bridgehead atoms. The van der Waals surface area contributed by atoms with E-state index in [0.717, 1.165) is 35.5 Å². The number of aromatic nitrogens is 4. The molecule has 0 saturated heterocycles. The maximum atomic E-state index is 15.1. The number of rotatable bonds is 7. The van der Waals surface area contributed by atoms with E-state index >= 15 is 4.39 Å². The average Bonchev–Trinajstić information content (AvgIpc) is 3.20. The van der Waals surface area contributed by atoms with Crippen molar-refractivity contribution in [3.05, 3.63) is 65.1 Å². The fourth-order valence-electron chi connectivity index (χ4n) is 3.19. The van der Waals surface area contributed by atoms with Crippen LogP contribution in [0, 0.1) is 29.9 Å². The monoisotopic (exact) mass is 485 g/mol. The zero-order valence-corrected chi connectivity index (χ0v) is 18.7. The molecule has 0 saturated carbocycles. The number of halogens is 2. The molecule has 0 aliphatic carbocycles. The zero-order valence-electron chi connectivity index (χ0n) is 17.8. The Hall–Kier alpha value is -4.31. The maximum Gasteiger partial charge on any atom is 0.267 e. The van der Waals surface area contributed by atoms with Crippen molar-refractivity contribution in [1.29, 1.82) is 5.26 Å². The average molecular weight is 485 g/mol. The number of pyridine rings is 2. The van der Waals surface area contributed by atoms with Gasteiger partial charge in [-0.1, -0.05) is 0 Å². The number of fused-ring (bicyclic) bond motifs is 1. The summed E-state index contributed by atoms with van der Waals surface area (Å²) in [6, 6.07) is 6.46. The zero-order chi connectivity index (χ0) is 24.5. The Kier molecular flexibility index (Phi) is 5.99. The SMILES string of the molecule is COc1ncc(C#N)cc1S(=O)(=O)Nc1ccc(F)c(NCc2cnc3[nH]nc(C)c3c2)c1F. The number of ether oxygens (including phenoxy) is 1. The quantitative estimate of drug-likeness (QED) is 0.362. The van der Waals surface area contributed by atoms with Gasteiger partial charge in [-0.15, -0.1) is 0 Å². The van der Waals surface area contributed by atoms with Crippen LogP contribution in [-0.2, 0) is 16.6 Å². The molecule has 13 heteroatoms. The summed E-state index contributed by atoms with van der Waals surface area (Å²) in [6.45, 7) is 1.81. The fourth-order valence-corrected chi connectivity index (χ4v) is 4.39. The molecular formula is C21H17F2N7O3S. The van der Waals surface area contributed by atoms with Crippen molar-refractivity contribution >= 4 is 32.4 Å². The summed E-state index contributed by atoms with van der Waals surface area (Å²) in [5.41, 5.74) is 0.865. The largest absolute Gasteiger partial charge is 0.480 e. The maximum absolute atomic E-state index is 15.1. The Bertz CT molecular complexity index is 1550. The normalized spacial score (nSPS) is 11.3. The van der Waals surface area contributed by atoms with Gasteiger partial charge in [-0.25, -0.2) is 27.2 Å². The van der Waals surface area contributed by atoms with Gasteiger partial charge in [0, 0.05) is 24.3 Å². The number of methoxy groups -OCH3 is 1. The van der Waals surface area contributed by atoms with E-state index < -0.39 is 37.9 Å². The molecule has 0 unspecified atom stereocenters.